The van der Waals surface area contributed by atoms with Crippen LogP contribution in [0.2, 0.25) is 0 Å². The van der Waals surface area contributed by atoms with Gasteiger partial charge >= 0.3 is 11.9 Å². The summed E-state index contributed by atoms with van der Waals surface area (Å²) in [6.07, 6.45) is 0.900. The van der Waals surface area contributed by atoms with Crippen molar-refractivity contribution >= 4 is 93.0 Å². The molecule has 4 aromatic carbocycles. The number of carboxylic acid groups (broad SMARTS) is 2. The summed E-state index contributed by atoms with van der Waals surface area (Å²) in [7, 11) is 0. The first-order valence-electron chi connectivity index (χ1n) is 14.0. The van der Waals surface area contributed by atoms with Crippen LogP contribution in [0, 0.1) is 5.82 Å². The molecule has 9 nitrogen and oxygen atoms in total. The number of hydrogen-bond donors (Lipinski definition) is 3. The Morgan fingerprint density at radius 3 is 2.22 bits per heavy atom. The molecule has 0 fully saturated rings. The molecule has 12 heteroatoms. The Morgan fingerprint density at radius 2 is 1.57 bits per heavy atom. The van der Waals surface area contributed by atoms with Gasteiger partial charge in [-0.1, -0.05) is 19.1 Å². The van der Waals surface area contributed by atoms with Crippen LogP contribution in [-0.4, -0.2) is 99.6 Å². The minimum absolute atomic E-state index is 0. The number of ether oxygens (including phenoxy) is 2. The number of phenolic OH excluding ortho intramolecular Hbond substituents is 1. The maximum Gasteiger partial charge on any atom is 0.335 e. The fourth-order valence-electron chi connectivity index (χ4n) is 5.00. The molecule has 1 heterocycles. The molecule has 0 aliphatic rings. The molecule has 3 N–H and O–H groups in total. The van der Waals surface area contributed by atoms with Crippen molar-refractivity contribution in [2.75, 3.05) is 13.2 Å². The van der Waals surface area contributed by atoms with Gasteiger partial charge in [0.05, 0.1) is 29.5 Å². The fourth-order valence-corrected chi connectivity index (χ4v) is 5.00. The van der Waals surface area contributed by atoms with Crippen molar-refractivity contribution in [1.29, 1.82) is 0 Å². The Labute approximate surface area is 307 Å². The average Bonchev–Trinajstić information content (AvgIpc) is 3.00. The largest absolute Gasteiger partial charge is 0.507 e. The molecule has 2 radical (unpaired) electrons. The van der Waals surface area contributed by atoms with Crippen LogP contribution in [0.3, 0.4) is 0 Å². The number of carbonyl (C=O) groups is 2. The number of rotatable bonds is 12. The number of aromatic carboxylic acids is 1. The standard InChI is InChI=1S/C34H29FO9.2Na/c1-2-19-16-25(20-4-7-22(35)8-5-20)27(36)18-30(19)43-15-3-14-42-28-12-9-24-32(39)26-17-21(34(40)41)6-11-29(26)44-33(24)23(28)10-13-31(37)38;;/h4-9,11-12,16-18,36H,2-3,10,13-15H2,1H3,(H,37,38)(H,40,41);;. The van der Waals surface area contributed by atoms with E-state index in [0.717, 1.165) is 5.56 Å². The number of aliphatic carboxylic acids is 1. The number of aromatic hydroxyl groups is 1. The summed E-state index contributed by atoms with van der Waals surface area (Å²) in [5.74, 6) is -1.69. The molecule has 0 spiro atoms. The van der Waals surface area contributed by atoms with Crippen molar-refractivity contribution in [3.05, 3.63) is 99.5 Å². The molecule has 0 bridgehead atoms. The predicted molar refractivity (Wildman–Crippen MR) is 173 cm³/mol. The molecule has 0 aliphatic heterocycles. The third-order valence-electron chi connectivity index (χ3n) is 7.25. The fraction of sp³-hybridized carbons (Fsp3) is 0.206. The Morgan fingerprint density at radius 1 is 0.870 bits per heavy atom. The SMILES string of the molecule is CCc1cc(-c2ccc(F)cc2)c(O)cc1OCCCOc1ccc2c(=O)c3cc(C(=O)O)ccc3oc2c1CCC(=O)O.[Na].[Na]. The summed E-state index contributed by atoms with van der Waals surface area (Å²) in [6, 6.07) is 16.3. The van der Waals surface area contributed by atoms with E-state index in [-0.39, 0.29) is 124 Å². The van der Waals surface area contributed by atoms with Gasteiger partial charge < -0.3 is 29.2 Å². The Hall–Kier alpha value is -3.38. The van der Waals surface area contributed by atoms with Gasteiger partial charge in [-0.2, -0.15) is 0 Å². The monoisotopic (exact) mass is 646 g/mol. The first-order chi connectivity index (χ1) is 21.2. The van der Waals surface area contributed by atoms with E-state index in [9.17, 15) is 34.1 Å². The molecule has 5 rings (SSSR count). The smallest absolute Gasteiger partial charge is 0.335 e. The topological polar surface area (TPSA) is 144 Å². The minimum Gasteiger partial charge on any atom is -0.507 e. The van der Waals surface area contributed by atoms with Gasteiger partial charge in [0.15, 0.2) is 0 Å². The van der Waals surface area contributed by atoms with Crippen LogP contribution in [0.5, 0.6) is 17.2 Å². The maximum atomic E-state index is 13.3. The number of fused-ring (bicyclic) bond motifs is 2. The van der Waals surface area contributed by atoms with Gasteiger partial charge in [-0.15, -0.1) is 0 Å². The summed E-state index contributed by atoms with van der Waals surface area (Å²) in [6.45, 7) is 2.42. The zero-order valence-electron chi connectivity index (χ0n) is 25.8. The van der Waals surface area contributed by atoms with E-state index in [0.29, 0.717) is 41.0 Å². The summed E-state index contributed by atoms with van der Waals surface area (Å²) in [5.41, 5.74) is 2.42. The molecule has 0 aliphatic carbocycles. The number of halogens is 1. The van der Waals surface area contributed by atoms with Gasteiger partial charge in [0.1, 0.15) is 34.2 Å². The molecule has 0 saturated heterocycles. The number of benzene rings is 4. The first-order valence-corrected chi connectivity index (χ1v) is 14.0. The molecule has 46 heavy (non-hydrogen) atoms. The van der Waals surface area contributed by atoms with Crippen LogP contribution in [0.15, 0.2) is 75.9 Å². The van der Waals surface area contributed by atoms with E-state index < -0.39 is 17.4 Å². The third kappa shape index (κ3) is 8.31. The zero-order chi connectivity index (χ0) is 31.4. The second-order valence-corrected chi connectivity index (χ2v) is 10.1. The molecule has 5 aromatic rings. The molecule has 0 amide bonds. The zero-order valence-corrected chi connectivity index (χ0v) is 29.8. The number of phenols is 1. The maximum absolute atomic E-state index is 13.3. The number of carboxylic acids is 2. The summed E-state index contributed by atoms with van der Waals surface area (Å²) >= 11 is 0. The van der Waals surface area contributed by atoms with E-state index in [4.69, 9.17) is 13.9 Å². The second-order valence-electron chi connectivity index (χ2n) is 10.1. The van der Waals surface area contributed by atoms with Crippen LogP contribution < -0.4 is 14.9 Å². The van der Waals surface area contributed by atoms with E-state index in [2.05, 4.69) is 0 Å². The van der Waals surface area contributed by atoms with Crippen molar-refractivity contribution in [3.8, 4) is 28.4 Å². The Bertz CT molecular complexity index is 1940. The van der Waals surface area contributed by atoms with Crippen molar-refractivity contribution in [2.24, 2.45) is 0 Å². The molecule has 1 aromatic heterocycles. The van der Waals surface area contributed by atoms with Crippen molar-refractivity contribution < 1.29 is 43.2 Å². The van der Waals surface area contributed by atoms with Crippen LogP contribution in [0.1, 0.15) is 41.3 Å². The van der Waals surface area contributed by atoms with Crippen LogP contribution in [0.4, 0.5) is 4.39 Å². The molecule has 228 valence electrons. The molecule has 0 unspecified atom stereocenters. The second kappa shape index (κ2) is 16.4. The van der Waals surface area contributed by atoms with E-state index >= 15 is 0 Å². The molecular formula is C34H29FNa2O9. The van der Waals surface area contributed by atoms with Crippen molar-refractivity contribution in [3.63, 3.8) is 0 Å². The van der Waals surface area contributed by atoms with Gasteiger partial charge in [0, 0.05) is 89.1 Å². The minimum atomic E-state index is -1.17. The number of hydrogen-bond acceptors (Lipinski definition) is 7. The van der Waals surface area contributed by atoms with Gasteiger partial charge in [-0.25, -0.2) is 9.18 Å². The first kappa shape index (κ1) is 37.1. The van der Waals surface area contributed by atoms with E-state index in [1.165, 1.54) is 42.5 Å². The van der Waals surface area contributed by atoms with E-state index in [1.807, 2.05) is 13.0 Å². The molecular weight excluding hydrogens is 617 g/mol. The summed E-state index contributed by atoms with van der Waals surface area (Å²) in [4.78, 5) is 36.0. The van der Waals surface area contributed by atoms with Crippen molar-refractivity contribution in [1.82, 2.24) is 0 Å². The van der Waals surface area contributed by atoms with Gasteiger partial charge in [0.25, 0.3) is 0 Å². The summed E-state index contributed by atoms with van der Waals surface area (Å²) < 4.78 is 31.3. The molecule has 0 saturated carbocycles. The van der Waals surface area contributed by atoms with Gasteiger partial charge in [-0.05, 0) is 72.5 Å². The van der Waals surface area contributed by atoms with Gasteiger partial charge in [-0.3, -0.25) is 9.59 Å². The normalized spacial score (nSPS) is 10.7. The van der Waals surface area contributed by atoms with E-state index in [1.54, 1.807) is 18.2 Å². The summed E-state index contributed by atoms with van der Waals surface area (Å²) in [5, 5.41) is 29.5. The van der Waals surface area contributed by atoms with Crippen LogP contribution in [-0.2, 0) is 17.6 Å². The third-order valence-corrected chi connectivity index (χ3v) is 7.25. The average molecular weight is 647 g/mol. The predicted octanol–water partition coefficient (Wildman–Crippen LogP) is 5.82. The van der Waals surface area contributed by atoms with Crippen molar-refractivity contribution in [2.45, 2.75) is 32.6 Å². The van der Waals surface area contributed by atoms with Crippen LogP contribution in [0.25, 0.3) is 33.1 Å². The number of aryl methyl sites for hydroxylation is 2. The van der Waals surface area contributed by atoms with Crippen LogP contribution >= 0.6 is 0 Å². The molecule has 0 atom stereocenters. The Kier molecular flexibility index (Phi) is 13.3. The Balaban J connectivity index is 0.00000288. The van der Waals surface area contributed by atoms with Gasteiger partial charge in [0.2, 0.25) is 5.43 Å². The quantitative estimate of drug-likeness (QED) is 0.0868.